The smallest absolute Gasteiger partial charge is 0.278 e. The first-order valence-corrected chi connectivity index (χ1v) is 16.8. The highest BCUT2D eigenvalue weighted by Gasteiger charge is 2.48. The Balaban J connectivity index is 1.42. The number of nitrogens with one attached hydrogen (secondary N) is 1. The van der Waals surface area contributed by atoms with Crippen molar-refractivity contribution in [3.8, 4) is 0 Å². The van der Waals surface area contributed by atoms with Crippen molar-refractivity contribution in [1.82, 2.24) is 19.4 Å². The molecule has 244 valence electrons. The summed E-state index contributed by atoms with van der Waals surface area (Å²) in [5.41, 5.74) is 0.828. The summed E-state index contributed by atoms with van der Waals surface area (Å²) >= 11 is 0. The van der Waals surface area contributed by atoms with Crippen LogP contribution in [0.5, 0.6) is 0 Å². The van der Waals surface area contributed by atoms with E-state index in [1.54, 1.807) is 17.6 Å². The first kappa shape index (κ1) is 32.0. The Kier molecular flexibility index (Phi) is 9.52. The molecule has 7 nitrogen and oxygen atoms in total. The van der Waals surface area contributed by atoms with Crippen LogP contribution in [0.25, 0.3) is 11.0 Å². The van der Waals surface area contributed by atoms with E-state index < -0.39 is 29.3 Å². The molecular formula is C35H46F3N5O2. The Morgan fingerprint density at radius 2 is 1.62 bits per heavy atom. The third-order valence-electron chi connectivity index (χ3n) is 10.5. The van der Waals surface area contributed by atoms with Gasteiger partial charge in [0.05, 0.1) is 17.0 Å². The Bertz CT molecular complexity index is 1540. The molecule has 45 heavy (non-hydrogen) atoms. The van der Waals surface area contributed by atoms with Crippen LogP contribution in [-0.4, -0.2) is 51.3 Å². The number of piperidine rings is 1. The van der Waals surface area contributed by atoms with Gasteiger partial charge >= 0.3 is 0 Å². The minimum absolute atomic E-state index is 0.00698. The third kappa shape index (κ3) is 6.37. The zero-order chi connectivity index (χ0) is 31.7. The van der Waals surface area contributed by atoms with Crippen molar-refractivity contribution in [2.45, 2.75) is 115 Å². The summed E-state index contributed by atoms with van der Waals surface area (Å²) in [7, 11) is 0. The predicted molar refractivity (Wildman–Crippen MR) is 170 cm³/mol. The number of hydrogen-bond donors (Lipinski definition) is 1. The van der Waals surface area contributed by atoms with Gasteiger partial charge in [0.25, 0.3) is 11.5 Å². The molecule has 0 aliphatic carbocycles. The van der Waals surface area contributed by atoms with Gasteiger partial charge < -0.3 is 10.1 Å². The van der Waals surface area contributed by atoms with Gasteiger partial charge in [-0.15, -0.1) is 0 Å². The van der Waals surface area contributed by atoms with Gasteiger partial charge in [-0.3, -0.25) is 14.3 Å². The van der Waals surface area contributed by atoms with Gasteiger partial charge in [-0.25, -0.2) is 23.1 Å². The molecule has 6 heterocycles. The lowest BCUT2D eigenvalue weighted by Crippen LogP contribution is -2.50. The molecular weight excluding hydrogens is 579 g/mol. The van der Waals surface area contributed by atoms with Gasteiger partial charge in [-0.2, -0.15) is 0 Å². The predicted octanol–water partition coefficient (Wildman–Crippen LogP) is 7.54. The third-order valence-corrected chi connectivity index (χ3v) is 10.5. The molecule has 2 aromatic heterocycles. The van der Waals surface area contributed by atoms with Crippen molar-refractivity contribution >= 4 is 16.9 Å². The first-order chi connectivity index (χ1) is 21.7. The van der Waals surface area contributed by atoms with E-state index in [1.165, 1.54) is 18.5 Å². The largest absolute Gasteiger partial charge is 0.381 e. The van der Waals surface area contributed by atoms with E-state index in [0.717, 1.165) is 57.1 Å². The van der Waals surface area contributed by atoms with Crippen LogP contribution in [0.1, 0.15) is 107 Å². The topological polar surface area (TPSA) is 72.3 Å². The van der Waals surface area contributed by atoms with Gasteiger partial charge in [0.1, 0.15) is 23.6 Å². The van der Waals surface area contributed by atoms with E-state index in [1.807, 2.05) is 19.9 Å². The van der Waals surface area contributed by atoms with Gasteiger partial charge in [-0.1, -0.05) is 37.5 Å². The van der Waals surface area contributed by atoms with E-state index in [4.69, 9.17) is 4.74 Å². The number of ether oxygens (including phenoxy) is 1. The Labute approximate surface area is 263 Å². The molecule has 2 saturated heterocycles. The molecule has 4 aliphatic rings. The number of pyridine rings is 1. The number of alkyl halides is 2. The lowest BCUT2D eigenvalue weighted by molar-refractivity contribution is -0.107. The van der Waals surface area contributed by atoms with Crippen LogP contribution in [0.3, 0.4) is 0 Å². The van der Waals surface area contributed by atoms with Crippen LogP contribution in [0, 0.1) is 11.7 Å². The van der Waals surface area contributed by atoms with Crippen molar-refractivity contribution in [1.29, 1.82) is 0 Å². The maximum atomic E-state index is 16.2. The summed E-state index contributed by atoms with van der Waals surface area (Å²) in [5, 5.41) is 3.97. The second kappa shape index (κ2) is 13.4. The molecule has 0 amide bonds. The van der Waals surface area contributed by atoms with E-state index in [2.05, 4.69) is 20.2 Å². The van der Waals surface area contributed by atoms with E-state index >= 15 is 13.2 Å². The number of halogens is 3. The highest BCUT2D eigenvalue weighted by molar-refractivity contribution is 5.87. The lowest BCUT2D eigenvalue weighted by Gasteiger charge is -2.45. The molecule has 1 N–H and O–H groups in total. The van der Waals surface area contributed by atoms with E-state index in [0.29, 0.717) is 49.5 Å². The van der Waals surface area contributed by atoms with Crippen LogP contribution in [0.2, 0.25) is 0 Å². The molecule has 2 fully saturated rings. The van der Waals surface area contributed by atoms with E-state index in [9.17, 15) is 4.79 Å². The number of aromatic nitrogens is 3. The summed E-state index contributed by atoms with van der Waals surface area (Å²) in [4.78, 5) is 25.3. The van der Waals surface area contributed by atoms with Crippen LogP contribution in [0.4, 0.5) is 19.0 Å². The minimum atomic E-state index is -3.30. The molecule has 10 heteroatoms. The normalized spacial score (nSPS) is 28.4. The molecule has 0 spiro atoms. The van der Waals surface area contributed by atoms with Crippen molar-refractivity contribution in [3.63, 3.8) is 0 Å². The standard InChI is InChI=1S/C35H46F3N5O2/c1-22-18-26-19-23(2)42(22)14-7-5-4-6-8-15-43-33-29(20-28(34(43)44)25-12-16-45-17-13-25)32(39-21-40-33)41-24(3)27-10-9-11-30(31(27)36)35(26,37)38/h9-11,20-26H,4-8,12-19H2,1-3H3,(H,39,40,41)/t22?,23?,24-,26?/m1/s1. The SMILES string of the molecule is CC1CC2CC(C)N1CCCCCCCn1c(=O)c(C3CCOCC3)cc3c(ncnc31)N[C@H](C)c1cccc(c1F)C2(F)F. The van der Waals surface area contributed by atoms with E-state index in [-0.39, 0.29) is 29.1 Å². The summed E-state index contributed by atoms with van der Waals surface area (Å²) in [6.07, 6.45) is 8.49. The molecule has 7 rings (SSSR count). The van der Waals surface area contributed by atoms with Crippen molar-refractivity contribution in [3.05, 3.63) is 63.5 Å². The maximum absolute atomic E-state index is 16.2. The van der Waals surface area contributed by atoms with Crippen molar-refractivity contribution in [2.75, 3.05) is 25.1 Å². The second-order valence-electron chi connectivity index (χ2n) is 13.5. The molecule has 0 radical (unpaired) electrons. The zero-order valence-corrected chi connectivity index (χ0v) is 26.7. The van der Waals surface area contributed by atoms with Crippen LogP contribution in [-0.2, 0) is 17.2 Å². The summed E-state index contributed by atoms with van der Waals surface area (Å²) in [6, 6.07) is 5.52. The fourth-order valence-corrected chi connectivity index (χ4v) is 7.93. The fraction of sp³-hybridized carbons (Fsp3) is 0.629. The van der Waals surface area contributed by atoms with Crippen LogP contribution >= 0.6 is 0 Å². The Morgan fingerprint density at radius 3 is 2.36 bits per heavy atom. The maximum Gasteiger partial charge on any atom is 0.278 e. The number of nitrogens with zero attached hydrogens (tertiary/aromatic N) is 4. The quantitative estimate of drug-likeness (QED) is 0.301. The molecule has 3 atom stereocenters. The Hall–Kier alpha value is -2.98. The summed E-state index contributed by atoms with van der Waals surface area (Å²) in [6.45, 7) is 8.42. The summed E-state index contributed by atoms with van der Waals surface area (Å²) in [5.74, 6) is -4.61. The molecule has 4 aliphatic heterocycles. The van der Waals surface area contributed by atoms with Crippen molar-refractivity contribution < 1.29 is 17.9 Å². The van der Waals surface area contributed by atoms with Gasteiger partial charge in [0.2, 0.25) is 0 Å². The highest BCUT2D eigenvalue weighted by Crippen LogP contribution is 2.46. The number of aryl methyl sites for hydroxylation is 1. The number of anilines is 1. The zero-order valence-electron chi connectivity index (χ0n) is 26.7. The van der Waals surface area contributed by atoms with Crippen molar-refractivity contribution in [2.24, 2.45) is 5.92 Å². The minimum Gasteiger partial charge on any atom is -0.381 e. The Morgan fingerprint density at radius 1 is 0.933 bits per heavy atom. The van der Waals surface area contributed by atoms with Crippen LogP contribution < -0.4 is 10.9 Å². The molecule has 3 aromatic rings. The molecule has 2 unspecified atom stereocenters. The molecule has 8 bridgehead atoms. The average molecular weight is 626 g/mol. The monoisotopic (exact) mass is 625 g/mol. The number of benzene rings is 1. The second-order valence-corrected chi connectivity index (χ2v) is 13.5. The van der Waals surface area contributed by atoms with Gasteiger partial charge in [0.15, 0.2) is 0 Å². The molecule has 1 aromatic carbocycles. The number of rotatable bonds is 1. The highest BCUT2D eigenvalue weighted by atomic mass is 19.3. The number of fused-ring (bicyclic) bond motifs is 9. The van der Waals surface area contributed by atoms with Crippen LogP contribution in [0.15, 0.2) is 35.4 Å². The van der Waals surface area contributed by atoms with Gasteiger partial charge in [0, 0.05) is 48.9 Å². The lowest BCUT2D eigenvalue weighted by atomic mass is 9.79. The fourth-order valence-electron chi connectivity index (χ4n) is 7.93. The molecule has 0 saturated carbocycles. The summed E-state index contributed by atoms with van der Waals surface area (Å²) < 4.78 is 55.8. The number of hydrogen-bond acceptors (Lipinski definition) is 6. The average Bonchev–Trinajstić information content (AvgIpc) is 3.02. The first-order valence-electron chi connectivity index (χ1n) is 16.8. The van der Waals surface area contributed by atoms with Gasteiger partial charge in [-0.05, 0) is 77.8 Å².